The summed E-state index contributed by atoms with van der Waals surface area (Å²) in [6, 6.07) is 14.3. The van der Waals surface area contributed by atoms with Gasteiger partial charge in [0.2, 0.25) is 5.91 Å². The molecule has 0 unspecified atom stereocenters. The number of nitrogens with one attached hydrogen (secondary N) is 1. The minimum Gasteiger partial charge on any atom is -0.497 e. The second-order valence-corrected chi connectivity index (χ2v) is 6.23. The first kappa shape index (κ1) is 21.3. The maximum Gasteiger partial charge on any atom is 0.253 e. The number of anilines is 1. The summed E-state index contributed by atoms with van der Waals surface area (Å²) in [7, 11) is 1.62. The van der Waals surface area contributed by atoms with Gasteiger partial charge >= 0.3 is 0 Å². The normalized spacial score (nSPS) is 10.2. The maximum absolute atomic E-state index is 12.3. The molecule has 0 radical (unpaired) electrons. The molecule has 0 fully saturated rings. The molecule has 28 heavy (non-hydrogen) atoms. The summed E-state index contributed by atoms with van der Waals surface area (Å²) in [5.41, 5.74) is 1.30. The summed E-state index contributed by atoms with van der Waals surface area (Å²) in [5.74, 6) is 1.44. The van der Waals surface area contributed by atoms with Gasteiger partial charge in [0.25, 0.3) is 5.91 Å². The van der Waals surface area contributed by atoms with E-state index in [1.807, 2.05) is 38.1 Å². The van der Waals surface area contributed by atoms with Crippen LogP contribution < -0.4 is 14.8 Å². The number of hydrogen-bond acceptors (Lipinski definition) is 4. The van der Waals surface area contributed by atoms with E-state index >= 15 is 0 Å². The van der Waals surface area contributed by atoms with Crippen molar-refractivity contribution in [1.29, 1.82) is 0 Å². The van der Waals surface area contributed by atoms with E-state index in [2.05, 4.69) is 5.32 Å². The van der Waals surface area contributed by atoms with E-state index in [0.717, 1.165) is 11.5 Å². The predicted molar refractivity (Wildman–Crippen MR) is 110 cm³/mol. The predicted octanol–water partition coefficient (Wildman–Crippen LogP) is 3.97. The molecule has 2 aromatic carbocycles. The number of amides is 2. The molecule has 2 aromatic rings. The maximum atomic E-state index is 12.3. The van der Waals surface area contributed by atoms with Gasteiger partial charge in [-0.3, -0.25) is 9.59 Å². The number of carbonyl (C=O) groups excluding carboxylic acids is 2. The third-order valence-electron chi connectivity index (χ3n) is 4.34. The lowest BCUT2D eigenvalue weighted by molar-refractivity contribution is -0.116. The summed E-state index contributed by atoms with van der Waals surface area (Å²) in [6.07, 6.45) is 0.965. The third-order valence-corrected chi connectivity index (χ3v) is 4.34. The molecule has 0 spiro atoms. The molecule has 0 aromatic heterocycles. The van der Waals surface area contributed by atoms with E-state index in [-0.39, 0.29) is 11.8 Å². The molecule has 150 valence electrons. The number of methoxy groups -OCH3 is 1. The first-order chi connectivity index (χ1) is 13.6. The molecule has 0 heterocycles. The third kappa shape index (κ3) is 6.30. The SMILES string of the molecule is CCN(CC)C(=O)c1ccc(NC(=O)CCCOc2ccc(OC)cc2)cc1. The Morgan fingerprint density at radius 2 is 1.54 bits per heavy atom. The summed E-state index contributed by atoms with van der Waals surface area (Å²) >= 11 is 0. The van der Waals surface area contributed by atoms with Crippen LogP contribution in [0.25, 0.3) is 0 Å². The standard InChI is InChI=1S/C22H28N2O4/c1-4-24(5-2)22(26)17-8-10-18(11-9-17)23-21(25)7-6-16-28-20-14-12-19(27-3)13-15-20/h8-15H,4-7,16H2,1-3H3,(H,23,25). The smallest absolute Gasteiger partial charge is 0.253 e. The first-order valence-corrected chi connectivity index (χ1v) is 9.53. The quantitative estimate of drug-likeness (QED) is 0.629. The molecule has 2 rings (SSSR count). The van der Waals surface area contributed by atoms with E-state index in [1.165, 1.54) is 0 Å². The Kier molecular flexibility index (Phi) is 8.34. The summed E-state index contributed by atoms with van der Waals surface area (Å²) in [5, 5.41) is 2.84. The van der Waals surface area contributed by atoms with Crippen LogP contribution in [0.3, 0.4) is 0 Å². The van der Waals surface area contributed by atoms with Crippen molar-refractivity contribution in [3.63, 3.8) is 0 Å². The largest absolute Gasteiger partial charge is 0.497 e. The number of carbonyl (C=O) groups is 2. The molecular formula is C22H28N2O4. The second-order valence-electron chi connectivity index (χ2n) is 6.23. The minimum atomic E-state index is -0.0823. The fourth-order valence-corrected chi connectivity index (χ4v) is 2.71. The molecule has 1 N–H and O–H groups in total. The van der Waals surface area contributed by atoms with Gasteiger partial charge in [0, 0.05) is 30.8 Å². The number of nitrogens with zero attached hydrogens (tertiary/aromatic N) is 1. The molecule has 0 saturated heterocycles. The first-order valence-electron chi connectivity index (χ1n) is 9.53. The van der Waals surface area contributed by atoms with Crippen molar-refractivity contribution in [2.45, 2.75) is 26.7 Å². The topological polar surface area (TPSA) is 67.9 Å². The Morgan fingerprint density at radius 1 is 0.929 bits per heavy atom. The van der Waals surface area contributed by atoms with Gasteiger partial charge in [-0.25, -0.2) is 0 Å². The zero-order valence-electron chi connectivity index (χ0n) is 16.7. The van der Waals surface area contributed by atoms with Crippen molar-refractivity contribution in [2.24, 2.45) is 0 Å². The fraction of sp³-hybridized carbons (Fsp3) is 0.364. The number of rotatable bonds is 10. The van der Waals surface area contributed by atoms with Crippen molar-refractivity contribution in [1.82, 2.24) is 4.90 Å². The zero-order chi connectivity index (χ0) is 20.4. The minimum absolute atomic E-state index is 0.00134. The van der Waals surface area contributed by atoms with E-state index in [9.17, 15) is 9.59 Å². The molecule has 0 aliphatic carbocycles. The van der Waals surface area contributed by atoms with Gasteiger partial charge in [0.05, 0.1) is 13.7 Å². The van der Waals surface area contributed by atoms with Crippen LogP contribution in [-0.4, -0.2) is 43.5 Å². The Morgan fingerprint density at radius 3 is 2.11 bits per heavy atom. The van der Waals surface area contributed by atoms with Crippen LogP contribution in [0.15, 0.2) is 48.5 Å². The van der Waals surface area contributed by atoms with E-state index in [4.69, 9.17) is 9.47 Å². The molecule has 2 amide bonds. The molecule has 6 nitrogen and oxygen atoms in total. The van der Waals surface area contributed by atoms with Crippen LogP contribution in [0.2, 0.25) is 0 Å². The van der Waals surface area contributed by atoms with Crippen LogP contribution >= 0.6 is 0 Å². The molecular weight excluding hydrogens is 356 g/mol. The van der Waals surface area contributed by atoms with Gasteiger partial charge in [0.15, 0.2) is 0 Å². The average Bonchev–Trinajstić information content (AvgIpc) is 2.73. The summed E-state index contributed by atoms with van der Waals surface area (Å²) < 4.78 is 10.7. The summed E-state index contributed by atoms with van der Waals surface area (Å²) in [4.78, 5) is 26.1. The molecule has 0 atom stereocenters. The van der Waals surface area contributed by atoms with Gasteiger partial charge in [-0.15, -0.1) is 0 Å². The van der Waals surface area contributed by atoms with Crippen molar-refractivity contribution in [3.8, 4) is 11.5 Å². The Bertz CT molecular complexity index is 753. The summed E-state index contributed by atoms with van der Waals surface area (Å²) in [6.45, 7) is 5.71. The lowest BCUT2D eigenvalue weighted by Crippen LogP contribution is -2.30. The van der Waals surface area contributed by atoms with Crippen molar-refractivity contribution in [2.75, 3.05) is 32.1 Å². The number of benzene rings is 2. The fourth-order valence-electron chi connectivity index (χ4n) is 2.71. The van der Waals surface area contributed by atoms with Crippen LogP contribution in [-0.2, 0) is 4.79 Å². The Labute approximate surface area is 166 Å². The molecule has 6 heteroatoms. The number of hydrogen-bond donors (Lipinski definition) is 1. The highest BCUT2D eigenvalue weighted by Crippen LogP contribution is 2.17. The average molecular weight is 384 g/mol. The molecule has 0 aliphatic rings. The van der Waals surface area contributed by atoms with Gasteiger partial charge in [-0.1, -0.05) is 0 Å². The number of ether oxygens (including phenoxy) is 2. The van der Waals surface area contributed by atoms with Gasteiger partial charge < -0.3 is 19.7 Å². The second kappa shape index (κ2) is 11.0. The van der Waals surface area contributed by atoms with E-state index in [1.54, 1.807) is 36.3 Å². The van der Waals surface area contributed by atoms with Gasteiger partial charge in [0.1, 0.15) is 11.5 Å². The zero-order valence-corrected chi connectivity index (χ0v) is 16.7. The highest BCUT2D eigenvalue weighted by Gasteiger charge is 2.12. The van der Waals surface area contributed by atoms with Gasteiger partial charge in [-0.2, -0.15) is 0 Å². The van der Waals surface area contributed by atoms with Crippen molar-refractivity contribution < 1.29 is 19.1 Å². The molecule has 0 saturated carbocycles. The van der Waals surface area contributed by atoms with Crippen LogP contribution in [0.5, 0.6) is 11.5 Å². The highest BCUT2D eigenvalue weighted by atomic mass is 16.5. The van der Waals surface area contributed by atoms with Gasteiger partial charge in [-0.05, 0) is 68.8 Å². The Hall–Kier alpha value is -3.02. The van der Waals surface area contributed by atoms with E-state index in [0.29, 0.717) is 43.8 Å². The van der Waals surface area contributed by atoms with Crippen LogP contribution in [0.4, 0.5) is 5.69 Å². The molecule has 0 bridgehead atoms. The Balaban J connectivity index is 1.74. The van der Waals surface area contributed by atoms with Crippen LogP contribution in [0.1, 0.15) is 37.0 Å². The lowest BCUT2D eigenvalue weighted by Gasteiger charge is -2.18. The monoisotopic (exact) mass is 384 g/mol. The highest BCUT2D eigenvalue weighted by molar-refractivity contribution is 5.95. The lowest BCUT2D eigenvalue weighted by atomic mass is 10.1. The van der Waals surface area contributed by atoms with Crippen molar-refractivity contribution >= 4 is 17.5 Å². The van der Waals surface area contributed by atoms with E-state index < -0.39 is 0 Å². The van der Waals surface area contributed by atoms with Crippen molar-refractivity contribution in [3.05, 3.63) is 54.1 Å². The molecule has 0 aliphatic heterocycles. The van der Waals surface area contributed by atoms with Crippen LogP contribution in [0, 0.1) is 0 Å².